The second kappa shape index (κ2) is 7.35. The van der Waals surface area contributed by atoms with E-state index in [1.165, 1.54) is 7.11 Å². The van der Waals surface area contributed by atoms with Crippen molar-refractivity contribution in [2.24, 2.45) is 0 Å². The number of hydrogen-bond acceptors (Lipinski definition) is 6. The maximum absolute atomic E-state index is 12.2. The zero-order chi connectivity index (χ0) is 16.8. The van der Waals surface area contributed by atoms with Gasteiger partial charge in [0, 0.05) is 12.2 Å². The monoisotopic (exact) mass is 317 g/mol. The van der Waals surface area contributed by atoms with Crippen LogP contribution in [0.1, 0.15) is 12.0 Å². The highest BCUT2D eigenvalue weighted by molar-refractivity contribution is 6.06. The number of likely N-dealkylation sites (tertiary alicyclic amines) is 1. The first kappa shape index (κ1) is 16.4. The van der Waals surface area contributed by atoms with E-state index >= 15 is 0 Å². The molecule has 2 rings (SSSR count). The van der Waals surface area contributed by atoms with Gasteiger partial charge >= 0.3 is 11.9 Å². The molecule has 1 aromatic carbocycles. The van der Waals surface area contributed by atoms with Gasteiger partial charge in [0.25, 0.3) is 5.91 Å². The number of imide groups is 1. The molecule has 1 saturated heterocycles. The SMILES string of the molecule is COC(=O)/C=C/C(=O)OC1CC(=O)N(Cc2ccccc2)C1=O. The summed E-state index contributed by atoms with van der Waals surface area (Å²) < 4.78 is 9.24. The minimum absolute atomic E-state index is 0.130. The van der Waals surface area contributed by atoms with E-state index in [9.17, 15) is 19.2 Å². The maximum Gasteiger partial charge on any atom is 0.331 e. The fourth-order valence-electron chi connectivity index (χ4n) is 2.06. The van der Waals surface area contributed by atoms with Gasteiger partial charge in [0.05, 0.1) is 20.1 Å². The lowest BCUT2D eigenvalue weighted by atomic mass is 10.2. The molecule has 7 heteroatoms. The number of ether oxygens (including phenoxy) is 2. The third kappa shape index (κ3) is 4.26. The molecular formula is C16H15NO6. The average molecular weight is 317 g/mol. The van der Waals surface area contributed by atoms with Crippen LogP contribution in [0.25, 0.3) is 0 Å². The van der Waals surface area contributed by atoms with Crippen molar-refractivity contribution in [2.75, 3.05) is 7.11 Å². The van der Waals surface area contributed by atoms with Crippen LogP contribution in [0.3, 0.4) is 0 Å². The first-order valence-electron chi connectivity index (χ1n) is 6.86. The molecule has 2 amide bonds. The molecule has 1 aliphatic heterocycles. The van der Waals surface area contributed by atoms with Crippen molar-refractivity contribution < 1.29 is 28.7 Å². The lowest BCUT2D eigenvalue weighted by Crippen LogP contribution is -2.33. The van der Waals surface area contributed by atoms with E-state index < -0.39 is 29.9 Å². The van der Waals surface area contributed by atoms with E-state index in [4.69, 9.17) is 4.74 Å². The minimum atomic E-state index is -1.17. The molecular weight excluding hydrogens is 302 g/mol. The van der Waals surface area contributed by atoms with Crippen LogP contribution in [0, 0.1) is 0 Å². The third-order valence-corrected chi connectivity index (χ3v) is 3.20. The normalized spacial score (nSPS) is 17.6. The predicted octanol–water partition coefficient (Wildman–Crippen LogP) is 0.586. The number of methoxy groups -OCH3 is 1. The van der Waals surface area contributed by atoms with Gasteiger partial charge in [0.15, 0.2) is 6.10 Å². The molecule has 0 N–H and O–H groups in total. The molecule has 1 unspecified atom stereocenters. The van der Waals surface area contributed by atoms with Crippen LogP contribution in [0.2, 0.25) is 0 Å². The lowest BCUT2D eigenvalue weighted by Gasteiger charge is -2.14. The van der Waals surface area contributed by atoms with Gasteiger partial charge in [-0.1, -0.05) is 30.3 Å². The number of nitrogens with zero attached hydrogens (tertiary/aromatic N) is 1. The Morgan fingerprint density at radius 3 is 2.48 bits per heavy atom. The molecule has 23 heavy (non-hydrogen) atoms. The minimum Gasteiger partial charge on any atom is -0.466 e. The Kier molecular flexibility index (Phi) is 5.24. The fourth-order valence-corrected chi connectivity index (χ4v) is 2.06. The summed E-state index contributed by atoms with van der Waals surface area (Å²) in [6.07, 6.45) is 0.360. The summed E-state index contributed by atoms with van der Waals surface area (Å²) in [6.45, 7) is 0.130. The molecule has 0 bridgehead atoms. The molecule has 1 fully saturated rings. The summed E-state index contributed by atoms with van der Waals surface area (Å²) >= 11 is 0. The fraction of sp³-hybridized carbons (Fsp3) is 0.250. The summed E-state index contributed by atoms with van der Waals surface area (Å²) in [5.74, 6) is -2.59. The van der Waals surface area contributed by atoms with Gasteiger partial charge in [-0.2, -0.15) is 0 Å². The van der Waals surface area contributed by atoms with E-state index in [1.54, 1.807) is 24.3 Å². The Hall–Kier alpha value is -2.96. The molecule has 1 aliphatic rings. The molecule has 1 heterocycles. The predicted molar refractivity (Wildman–Crippen MR) is 77.7 cm³/mol. The molecule has 0 aliphatic carbocycles. The zero-order valence-electron chi connectivity index (χ0n) is 12.4. The van der Waals surface area contributed by atoms with E-state index in [0.717, 1.165) is 22.6 Å². The van der Waals surface area contributed by atoms with E-state index in [1.807, 2.05) is 6.07 Å². The highest BCUT2D eigenvalue weighted by atomic mass is 16.5. The summed E-state index contributed by atoms with van der Waals surface area (Å²) in [7, 11) is 1.17. The largest absolute Gasteiger partial charge is 0.466 e. The van der Waals surface area contributed by atoms with Crippen LogP contribution in [0.15, 0.2) is 42.5 Å². The zero-order valence-corrected chi connectivity index (χ0v) is 12.4. The van der Waals surface area contributed by atoms with Crippen LogP contribution in [-0.4, -0.2) is 41.9 Å². The van der Waals surface area contributed by atoms with E-state index in [2.05, 4.69) is 4.74 Å². The Labute approximate surface area is 132 Å². The van der Waals surface area contributed by atoms with Gasteiger partial charge in [-0.15, -0.1) is 0 Å². The molecule has 0 spiro atoms. The molecule has 1 aromatic rings. The average Bonchev–Trinajstić information content (AvgIpc) is 2.81. The number of benzene rings is 1. The highest BCUT2D eigenvalue weighted by Gasteiger charge is 2.40. The van der Waals surface area contributed by atoms with Crippen LogP contribution in [0.5, 0.6) is 0 Å². The summed E-state index contributed by atoms with van der Waals surface area (Å²) in [6, 6.07) is 9.01. The van der Waals surface area contributed by atoms with Crippen molar-refractivity contribution in [1.82, 2.24) is 4.90 Å². The first-order valence-corrected chi connectivity index (χ1v) is 6.86. The molecule has 120 valence electrons. The number of esters is 2. The van der Waals surface area contributed by atoms with Gasteiger partial charge in [0.1, 0.15) is 0 Å². The molecule has 1 atom stereocenters. The summed E-state index contributed by atoms with van der Waals surface area (Å²) in [5, 5.41) is 0. The van der Waals surface area contributed by atoms with Crippen molar-refractivity contribution in [3.63, 3.8) is 0 Å². The van der Waals surface area contributed by atoms with E-state index in [0.29, 0.717) is 0 Å². The highest BCUT2D eigenvalue weighted by Crippen LogP contribution is 2.19. The third-order valence-electron chi connectivity index (χ3n) is 3.20. The molecule has 0 aromatic heterocycles. The lowest BCUT2D eigenvalue weighted by molar-refractivity contribution is -0.152. The van der Waals surface area contributed by atoms with Gasteiger partial charge in [-0.05, 0) is 5.56 Å². The second-order valence-electron chi connectivity index (χ2n) is 4.79. The molecule has 7 nitrogen and oxygen atoms in total. The van der Waals surface area contributed by atoms with Crippen LogP contribution in [0.4, 0.5) is 0 Å². The van der Waals surface area contributed by atoms with Gasteiger partial charge in [-0.25, -0.2) is 9.59 Å². The number of carbonyl (C=O) groups is 4. The Bertz CT molecular complexity index is 652. The van der Waals surface area contributed by atoms with Crippen molar-refractivity contribution in [1.29, 1.82) is 0 Å². The summed E-state index contributed by atoms with van der Waals surface area (Å²) in [4.78, 5) is 47.5. The van der Waals surface area contributed by atoms with Crippen molar-refractivity contribution in [3.8, 4) is 0 Å². The van der Waals surface area contributed by atoms with Crippen LogP contribution >= 0.6 is 0 Å². The molecule has 0 radical (unpaired) electrons. The topological polar surface area (TPSA) is 90.0 Å². The molecule has 0 saturated carbocycles. The smallest absolute Gasteiger partial charge is 0.331 e. The van der Waals surface area contributed by atoms with Crippen molar-refractivity contribution >= 4 is 23.8 Å². The Morgan fingerprint density at radius 2 is 1.83 bits per heavy atom. The van der Waals surface area contributed by atoms with Crippen LogP contribution in [-0.2, 0) is 35.2 Å². The maximum atomic E-state index is 12.2. The van der Waals surface area contributed by atoms with Gasteiger partial charge in [0.2, 0.25) is 5.91 Å². The second-order valence-corrected chi connectivity index (χ2v) is 4.79. The van der Waals surface area contributed by atoms with Gasteiger partial charge < -0.3 is 9.47 Å². The Morgan fingerprint density at radius 1 is 1.17 bits per heavy atom. The quantitative estimate of drug-likeness (QED) is 0.448. The standard InChI is InChI=1S/C16H15NO6/c1-22-14(19)7-8-15(20)23-12-9-13(18)17(16(12)21)10-11-5-3-2-4-6-11/h2-8,12H,9-10H2,1H3/b8-7+. The summed E-state index contributed by atoms with van der Waals surface area (Å²) in [5.41, 5.74) is 0.798. The van der Waals surface area contributed by atoms with Crippen molar-refractivity contribution in [2.45, 2.75) is 19.1 Å². The first-order chi connectivity index (χ1) is 11.0. The number of rotatable bonds is 5. The van der Waals surface area contributed by atoms with Gasteiger partial charge in [-0.3, -0.25) is 14.5 Å². The van der Waals surface area contributed by atoms with Crippen LogP contribution < -0.4 is 0 Å². The number of carbonyl (C=O) groups excluding carboxylic acids is 4. The number of amides is 2. The number of hydrogen-bond donors (Lipinski definition) is 0. The van der Waals surface area contributed by atoms with E-state index in [-0.39, 0.29) is 13.0 Å². The Balaban J connectivity index is 1.97. The van der Waals surface area contributed by atoms with Crippen molar-refractivity contribution in [3.05, 3.63) is 48.0 Å².